The zero-order valence-corrected chi connectivity index (χ0v) is 11.7. The Labute approximate surface area is 114 Å². The number of benzene rings is 1. The summed E-state index contributed by atoms with van der Waals surface area (Å²) in [6.45, 7) is 0. The zero-order chi connectivity index (χ0) is 12.1. The molecule has 4 heteroatoms. The highest BCUT2D eigenvalue weighted by molar-refractivity contribution is 9.10. The molecule has 0 bridgehead atoms. The highest BCUT2D eigenvalue weighted by Crippen LogP contribution is 2.21. The molecule has 1 heterocycles. The predicted molar refractivity (Wildman–Crippen MR) is 75.3 cm³/mol. The number of furan rings is 1. The maximum absolute atomic E-state index is 6.07. The smallest absolute Gasteiger partial charge is 0.0935 e. The minimum absolute atomic E-state index is 0.154. The first-order valence-corrected chi connectivity index (χ1v) is 7.17. The van der Waals surface area contributed by atoms with Gasteiger partial charge in [-0.15, -0.1) is 11.8 Å². The normalized spacial score (nSPS) is 12.6. The third-order valence-corrected chi connectivity index (χ3v) is 4.08. The van der Waals surface area contributed by atoms with Crippen LogP contribution in [0.3, 0.4) is 0 Å². The fraction of sp³-hybridized carbons (Fsp3) is 0.231. The molecule has 17 heavy (non-hydrogen) atoms. The number of thioether (sulfide) groups is 1. The van der Waals surface area contributed by atoms with Crippen molar-refractivity contribution >= 4 is 27.7 Å². The van der Waals surface area contributed by atoms with E-state index >= 15 is 0 Å². The van der Waals surface area contributed by atoms with Gasteiger partial charge < -0.3 is 10.2 Å². The topological polar surface area (TPSA) is 39.2 Å². The summed E-state index contributed by atoms with van der Waals surface area (Å²) in [6, 6.07) is 10.4. The second-order valence-electron chi connectivity index (χ2n) is 3.86. The van der Waals surface area contributed by atoms with Crippen LogP contribution >= 0.6 is 27.7 Å². The molecule has 0 saturated carbocycles. The van der Waals surface area contributed by atoms with Gasteiger partial charge in [-0.25, -0.2) is 0 Å². The Morgan fingerprint density at radius 1 is 1.24 bits per heavy atom. The second kappa shape index (κ2) is 6.28. The van der Waals surface area contributed by atoms with Gasteiger partial charge >= 0.3 is 0 Å². The van der Waals surface area contributed by atoms with Gasteiger partial charge in [-0.05, 0) is 42.3 Å². The maximum Gasteiger partial charge on any atom is 0.0935 e. The first-order chi connectivity index (χ1) is 8.24. The van der Waals surface area contributed by atoms with E-state index in [0.29, 0.717) is 0 Å². The molecule has 90 valence electrons. The monoisotopic (exact) mass is 311 g/mol. The Balaban J connectivity index is 1.79. The molecule has 2 rings (SSSR count). The van der Waals surface area contributed by atoms with Crippen molar-refractivity contribution in [2.24, 2.45) is 5.73 Å². The molecule has 0 aliphatic heterocycles. The molecule has 2 nitrogen and oxygen atoms in total. The average molecular weight is 312 g/mol. The van der Waals surface area contributed by atoms with Crippen molar-refractivity contribution in [3.63, 3.8) is 0 Å². The van der Waals surface area contributed by atoms with Crippen LogP contribution in [0.4, 0.5) is 0 Å². The molecule has 2 aromatic rings. The van der Waals surface area contributed by atoms with E-state index in [4.69, 9.17) is 10.2 Å². The highest BCUT2D eigenvalue weighted by Gasteiger charge is 2.06. The fourth-order valence-electron chi connectivity index (χ4n) is 1.50. The van der Waals surface area contributed by atoms with Gasteiger partial charge in [0.1, 0.15) is 0 Å². The molecule has 2 N–H and O–H groups in total. The Morgan fingerprint density at radius 3 is 2.65 bits per heavy atom. The molecule has 1 aromatic carbocycles. The summed E-state index contributed by atoms with van der Waals surface area (Å²) in [7, 11) is 0. The summed E-state index contributed by atoms with van der Waals surface area (Å²) in [5.41, 5.74) is 7.23. The van der Waals surface area contributed by atoms with Crippen molar-refractivity contribution in [3.8, 4) is 0 Å². The first kappa shape index (κ1) is 12.7. The van der Waals surface area contributed by atoms with E-state index in [1.165, 1.54) is 4.90 Å². The lowest BCUT2D eigenvalue weighted by Gasteiger charge is -2.09. The Bertz CT molecular complexity index is 441. The van der Waals surface area contributed by atoms with Gasteiger partial charge in [-0.1, -0.05) is 15.9 Å². The van der Waals surface area contributed by atoms with Crippen molar-refractivity contribution < 1.29 is 4.42 Å². The van der Waals surface area contributed by atoms with E-state index in [9.17, 15) is 0 Å². The predicted octanol–water partition coefficient (Wildman–Crippen LogP) is 3.70. The van der Waals surface area contributed by atoms with Gasteiger partial charge in [-0.2, -0.15) is 0 Å². The number of rotatable bonds is 5. The molecule has 0 amide bonds. The molecule has 0 aliphatic rings. The summed E-state index contributed by atoms with van der Waals surface area (Å²) in [4.78, 5) is 1.25. The van der Waals surface area contributed by atoms with E-state index in [-0.39, 0.29) is 6.04 Å². The van der Waals surface area contributed by atoms with Crippen LogP contribution in [0.5, 0.6) is 0 Å². The maximum atomic E-state index is 6.07. The third kappa shape index (κ3) is 4.22. The van der Waals surface area contributed by atoms with Crippen molar-refractivity contribution in [3.05, 3.63) is 52.9 Å². The summed E-state index contributed by atoms with van der Waals surface area (Å²) in [6.07, 6.45) is 4.30. The third-order valence-electron chi connectivity index (χ3n) is 2.36. The first-order valence-electron chi connectivity index (χ1n) is 5.39. The molecular formula is C13H14BrNOS. The van der Waals surface area contributed by atoms with Gasteiger partial charge in [0.15, 0.2) is 0 Å². The number of halogens is 1. The van der Waals surface area contributed by atoms with Crippen LogP contribution in [0.15, 0.2) is 56.6 Å². The average Bonchev–Trinajstić information content (AvgIpc) is 2.81. The second-order valence-corrected chi connectivity index (χ2v) is 5.87. The van der Waals surface area contributed by atoms with Crippen LogP contribution in [0, 0.1) is 0 Å². The molecule has 1 aromatic heterocycles. The van der Waals surface area contributed by atoms with Gasteiger partial charge in [0.05, 0.1) is 12.5 Å². The SMILES string of the molecule is NC(CSc1ccc(Br)cc1)Cc1ccoc1. The number of hydrogen-bond acceptors (Lipinski definition) is 3. The van der Waals surface area contributed by atoms with Crippen LogP contribution in [0.25, 0.3) is 0 Å². The summed E-state index contributed by atoms with van der Waals surface area (Å²) >= 11 is 5.20. The number of nitrogens with two attached hydrogens (primary N) is 1. The van der Waals surface area contributed by atoms with Crippen molar-refractivity contribution in [1.29, 1.82) is 0 Å². The molecular weight excluding hydrogens is 298 g/mol. The van der Waals surface area contributed by atoms with Gasteiger partial charge in [0.2, 0.25) is 0 Å². The quantitative estimate of drug-likeness (QED) is 0.856. The standard InChI is InChI=1S/C13H14BrNOS/c14-11-1-3-13(4-2-11)17-9-12(15)7-10-5-6-16-8-10/h1-6,8,12H,7,9,15H2. The highest BCUT2D eigenvalue weighted by atomic mass is 79.9. The van der Waals surface area contributed by atoms with Crippen molar-refractivity contribution in [2.45, 2.75) is 17.4 Å². The van der Waals surface area contributed by atoms with Crippen LogP contribution in [-0.4, -0.2) is 11.8 Å². The molecule has 0 saturated heterocycles. The summed E-state index contributed by atoms with van der Waals surface area (Å²) in [5, 5.41) is 0. The number of hydrogen-bond donors (Lipinski definition) is 1. The molecule has 1 atom stereocenters. The fourth-order valence-corrected chi connectivity index (χ4v) is 2.62. The minimum Gasteiger partial charge on any atom is -0.472 e. The molecule has 0 aliphatic carbocycles. The van der Waals surface area contributed by atoms with E-state index in [1.807, 2.05) is 18.2 Å². The largest absolute Gasteiger partial charge is 0.472 e. The lowest BCUT2D eigenvalue weighted by molar-refractivity contribution is 0.562. The molecule has 0 radical (unpaired) electrons. The van der Waals surface area contributed by atoms with Crippen LogP contribution in [-0.2, 0) is 6.42 Å². The summed E-state index contributed by atoms with van der Waals surface area (Å²) < 4.78 is 6.13. The molecule has 0 spiro atoms. The molecule has 1 unspecified atom stereocenters. The lowest BCUT2D eigenvalue weighted by atomic mass is 10.1. The van der Waals surface area contributed by atoms with Gasteiger partial charge in [0, 0.05) is 21.2 Å². The van der Waals surface area contributed by atoms with Crippen LogP contribution < -0.4 is 5.73 Å². The van der Waals surface area contributed by atoms with E-state index in [1.54, 1.807) is 24.3 Å². The Hall–Kier alpha value is -0.710. The lowest BCUT2D eigenvalue weighted by Crippen LogP contribution is -2.25. The van der Waals surface area contributed by atoms with Crippen LogP contribution in [0.2, 0.25) is 0 Å². The van der Waals surface area contributed by atoms with Gasteiger partial charge in [0.25, 0.3) is 0 Å². The summed E-state index contributed by atoms with van der Waals surface area (Å²) in [5.74, 6) is 0.910. The zero-order valence-electron chi connectivity index (χ0n) is 9.30. The Morgan fingerprint density at radius 2 is 2.00 bits per heavy atom. The van der Waals surface area contributed by atoms with Gasteiger partial charge in [-0.3, -0.25) is 0 Å². The Kier molecular flexibility index (Phi) is 4.71. The minimum atomic E-state index is 0.154. The van der Waals surface area contributed by atoms with Crippen molar-refractivity contribution in [2.75, 3.05) is 5.75 Å². The van der Waals surface area contributed by atoms with E-state index < -0.39 is 0 Å². The van der Waals surface area contributed by atoms with E-state index in [0.717, 1.165) is 22.2 Å². The molecule has 0 fully saturated rings. The van der Waals surface area contributed by atoms with E-state index in [2.05, 4.69) is 28.1 Å². The van der Waals surface area contributed by atoms with Crippen molar-refractivity contribution in [1.82, 2.24) is 0 Å². The van der Waals surface area contributed by atoms with Crippen LogP contribution in [0.1, 0.15) is 5.56 Å².